The predicted octanol–water partition coefficient (Wildman–Crippen LogP) is 2.49. The van der Waals surface area contributed by atoms with Crippen molar-refractivity contribution in [2.45, 2.75) is 6.92 Å². The summed E-state index contributed by atoms with van der Waals surface area (Å²) in [5.41, 5.74) is 2.72. The maximum atomic E-state index is 12.6. The molecule has 0 atom stereocenters. The van der Waals surface area contributed by atoms with Gasteiger partial charge in [0.15, 0.2) is 0 Å². The fourth-order valence-electron chi connectivity index (χ4n) is 2.89. The first-order chi connectivity index (χ1) is 12.9. The topological polar surface area (TPSA) is 78.5 Å². The van der Waals surface area contributed by atoms with Gasteiger partial charge in [-0.2, -0.15) is 5.10 Å². The third kappa shape index (κ3) is 3.73. The van der Waals surface area contributed by atoms with Crippen LogP contribution in [-0.4, -0.2) is 39.8 Å². The molecular weight excluding hydrogens is 346 g/mol. The van der Waals surface area contributed by atoms with Crippen molar-refractivity contribution in [3.63, 3.8) is 0 Å². The zero-order valence-corrected chi connectivity index (χ0v) is 15.9. The second-order valence-electron chi connectivity index (χ2n) is 6.32. The Labute approximate surface area is 157 Å². The van der Waals surface area contributed by atoms with Crippen LogP contribution in [0.4, 0.5) is 0 Å². The predicted molar refractivity (Wildman–Crippen MR) is 103 cm³/mol. The van der Waals surface area contributed by atoms with Gasteiger partial charge in [0, 0.05) is 38.5 Å². The Morgan fingerprint density at radius 1 is 1.15 bits per heavy atom. The minimum atomic E-state index is -0.284. The lowest BCUT2D eigenvalue weighted by molar-refractivity contribution is 0.146. The fraction of sp³-hybridized carbons (Fsp3) is 0.300. The van der Waals surface area contributed by atoms with Crippen LogP contribution < -0.4 is 10.3 Å². The van der Waals surface area contributed by atoms with Gasteiger partial charge in [-0.15, -0.1) is 0 Å². The largest absolute Gasteiger partial charge is 0.507 e. The smallest absolute Gasteiger partial charge is 0.263 e. The van der Waals surface area contributed by atoms with Gasteiger partial charge >= 0.3 is 0 Å². The minimum absolute atomic E-state index is 0.0723. The number of benzene rings is 1. The Bertz CT molecular complexity index is 1020. The Morgan fingerprint density at radius 2 is 1.93 bits per heavy atom. The highest BCUT2D eigenvalue weighted by Crippen LogP contribution is 2.30. The Kier molecular flexibility index (Phi) is 5.32. The van der Waals surface area contributed by atoms with E-state index < -0.39 is 0 Å². The van der Waals surface area contributed by atoms with E-state index in [1.807, 2.05) is 24.3 Å². The van der Waals surface area contributed by atoms with E-state index in [-0.39, 0.29) is 16.9 Å². The van der Waals surface area contributed by atoms with Gasteiger partial charge in [0.25, 0.3) is 5.56 Å². The number of hydrogen-bond acceptors (Lipinski definition) is 5. The van der Waals surface area contributed by atoms with E-state index in [9.17, 15) is 9.90 Å². The lowest BCUT2D eigenvalue weighted by Gasteiger charge is -2.07. The monoisotopic (exact) mass is 369 g/mol. The van der Waals surface area contributed by atoms with Crippen LogP contribution in [0.2, 0.25) is 0 Å². The Morgan fingerprint density at radius 3 is 2.67 bits per heavy atom. The molecule has 0 amide bonds. The molecule has 0 aliphatic carbocycles. The highest BCUT2D eigenvalue weighted by molar-refractivity contribution is 5.72. The van der Waals surface area contributed by atoms with Crippen molar-refractivity contribution < 1.29 is 14.6 Å². The van der Waals surface area contributed by atoms with Crippen molar-refractivity contribution >= 4 is 0 Å². The maximum Gasteiger partial charge on any atom is 0.263 e. The summed E-state index contributed by atoms with van der Waals surface area (Å²) in [7, 11) is 5.10. The molecule has 7 nitrogen and oxygen atoms in total. The molecule has 3 aromatic rings. The van der Waals surface area contributed by atoms with Crippen molar-refractivity contribution in [1.82, 2.24) is 14.3 Å². The van der Waals surface area contributed by atoms with Crippen molar-refractivity contribution in [2.75, 3.05) is 20.3 Å². The van der Waals surface area contributed by atoms with E-state index in [0.717, 1.165) is 17.0 Å². The molecule has 3 rings (SSSR count). The summed E-state index contributed by atoms with van der Waals surface area (Å²) < 4.78 is 13.8. The third-order valence-corrected chi connectivity index (χ3v) is 4.47. The maximum absolute atomic E-state index is 12.6. The van der Waals surface area contributed by atoms with Crippen LogP contribution in [0.3, 0.4) is 0 Å². The van der Waals surface area contributed by atoms with E-state index >= 15 is 0 Å². The second-order valence-corrected chi connectivity index (χ2v) is 6.32. The average Bonchev–Trinajstić information content (AvgIpc) is 3.01. The summed E-state index contributed by atoms with van der Waals surface area (Å²) in [6.07, 6.45) is 0. The summed E-state index contributed by atoms with van der Waals surface area (Å²) in [6.45, 7) is 2.74. The number of rotatable bonds is 6. The average molecular weight is 369 g/mol. The van der Waals surface area contributed by atoms with Crippen LogP contribution in [0.1, 0.15) is 5.69 Å². The lowest BCUT2D eigenvalue weighted by Crippen LogP contribution is -2.20. The summed E-state index contributed by atoms with van der Waals surface area (Å²) in [5.74, 6) is 0.651. The highest BCUT2D eigenvalue weighted by Gasteiger charge is 2.18. The molecule has 1 N–H and O–H groups in total. The van der Waals surface area contributed by atoms with E-state index in [0.29, 0.717) is 24.6 Å². The van der Waals surface area contributed by atoms with Crippen molar-refractivity contribution in [3.8, 4) is 34.0 Å². The standard InChI is InChI=1S/C20H23N3O4/c1-13-10-18(24)19(20(25)22(13)2)16-12-17(23(3)21-16)14-6-5-7-15(11-14)27-9-8-26-4/h5-7,10-12,24H,8-9H2,1-4H3. The molecule has 1 aromatic carbocycles. The summed E-state index contributed by atoms with van der Waals surface area (Å²) in [4.78, 5) is 12.6. The minimum Gasteiger partial charge on any atom is -0.507 e. The van der Waals surface area contributed by atoms with Gasteiger partial charge in [-0.3, -0.25) is 9.48 Å². The van der Waals surface area contributed by atoms with Crippen molar-refractivity contribution in [3.05, 3.63) is 52.4 Å². The molecule has 27 heavy (non-hydrogen) atoms. The van der Waals surface area contributed by atoms with Crippen LogP contribution in [0.5, 0.6) is 11.5 Å². The number of aromatic nitrogens is 3. The molecule has 2 aromatic heterocycles. The van der Waals surface area contributed by atoms with E-state index in [1.54, 1.807) is 44.9 Å². The van der Waals surface area contributed by atoms with E-state index in [4.69, 9.17) is 9.47 Å². The van der Waals surface area contributed by atoms with Gasteiger partial charge in [-0.05, 0) is 25.1 Å². The van der Waals surface area contributed by atoms with E-state index in [2.05, 4.69) is 5.10 Å². The molecule has 0 radical (unpaired) electrons. The van der Waals surface area contributed by atoms with Crippen molar-refractivity contribution in [1.29, 1.82) is 0 Å². The molecule has 2 heterocycles. The SMILES string of the molecule is COCCOc1cccc(-c2cc(-c3c(O)cc(C)n(C)c3=O)nn2C)c1. The zero-order chi connectivity index (χ0) is 19.6. The zero-order valence-electron chi connectivity index (χ0n) is 15.9. The van der Waals surface area contributed by atoms with E-state index in [1.165, 1.54) is 4.57 Å². The molecule has 0 saturated heterocycles. The summed E-state index contributed by atoms with van der Waals surface area (Å²) in [5, 5.41) is 14.7. The quantitative estimate of drug-likeness (QED) is 0.676. The summed E-state index contributed by atoms with van der Waals surface area (Å²) >= 11 is 0. The van der Waals surface area contributed by atoms with Gasteiger partial charge in [0.2, 0.25) is 0 Å². The number of aromatic hydroxyl groups is 1. The molecule has 0 fully saturated rings. The molecule has 0 aliphatic heterocycles. The molecule has 7 heteroatoms. The number of pyridine rings is 1. The van der Waals surface area contributed by atoms with Crippen LogP contribution in [0.25, 0.3) is 22.5 Å². The molecule has 0 unspecified atom stereocenters. The third-order valence-electron chi connectivity index (χ3n) is 4.47. The van der Waals surface area contributed by atoms with Crippen molar-refractivity contribution in [2.24, 2.45) is 14.1 Å². The number of methoxy groups -OCH3 is 1. The van der Waals surface area contributed by atoms with Crippen LogP contribution >= 0.6 is 0 Å². The van der Waals surface area contributed by atoms with Gasteiger partial charge in [-0.1, -0.05) is 12.1 Å². The van der Waals surface area contributed by atoms with Gasteiger partial charge in [-0.25, -0.2) is 0 Å². The fourth-order valence-corrected chi connectivity index (χ4v) is 2.89. The van der Waals surface area contributed by atoms with Gasteiger partial charge in [0.05, 0.1) is 12.3 Å². The lowest BCUT2D eigenvalue weighted by atomic mass is 10.1. The van der Waals surface area contributed by atoms with Crippen LogP contribution in [-0.2, 0) is 18.8 Å². The number of nitrogens with zero attached hydrogens (tertiary/aromatic N) is 3. The number of aryl methyl sites for hydroxylation is 2. The number of hydrogen-bond donors (Lipinski definition) is 1. The Hall–Kier alpha value is -3.06. The van der Waals surface area contributed by atoms with Gasteiger partial charge < -0.3 is 19.1 Å². The first-order valence-electron chi connectivity index (χ1n) is 8.58. The van der Waals surface area contributed by atoms with Crippen LogP contribution in [0.15, 0.2) is 41.2 Å². The van der Waals surface area contributed by atoms with Crippen LogP contribution in [0, 0.1) is 6.92 Å². The normalized spacial score (nSPS) is 11.0. The van der Waals surface area contributed by atoms with Gasteiger partial charge in [0.1, 0.15) is 29.4 Å². The summed E-state index contributed by atoms with van der Waals surface area (Å²) in [6, 6.07) is 11.0. The molecular formula is C20H23N3O4. The number of ether oxygens (including phenoxy) is 2. The molecule has 142 valence electrons. The molecule has 0 spiro atoms. The highest BCUT2D eigenvalue weighted by atomic mass is 16.5. The molecule has 0 bridgehead atoms. The molecule has 0 aliphatic rings. The first kappa shape index (κ1) is 18.7. The second kappa shape index (κ2) is 7.67. The first-order valence-corrected chi connectivity index (χ1v) is 8.58. The Balaban J connectivity index is 2.00. The molecule has 0 saturated carbocycles.